The molecule has 0 saturated heterocycles. The first-order valence-electron chi connectivity index (χ1n) is 6.39. The number of anilines is 1. The minimum Gasteiger partial charge on any atom is -0.366 e. The van der Waals surface area contributed by atoms with Crippen LogP contribution in [-0.2, 0) is 5.92 Å². The molecule has 1 atom stereocenters. The molecule has 0 amide bonds. The van der Waals surface area contributed by atoms with Crippen molar-refractivity contribution in [2.45, 2.75) is 18.9 Å². The van der Waals surface area contributed by atoms with Gasteiger partial charge in [-0.25, -0.2) is 0 Å². The number of halogens is 2. The van der Waals surface area contributed by atoms with E-state index in [9.17, 15) is 8.78 Å². The third-order valence-corrected chi connectivity index (χ3v) is 3.33. The zero-order chi connectivity index (χ0) is 14.2. The summed E-state index contributed by atoms with van der Waals surface area (Å²) in [6, 6.07) is 12.8. The van der Waals surface area contributed by atoms with Crippen LogP contribution in [0.4, 0.5) is 14.5 Å². The lowest BCUT2D eigenvalue weighted by Crippen LogP contribution is -2.29. The van der Waals surface area contributed by atoms with Crippen molar-refractivity contribution in [1.29, 1.82) is 0 Å². The van der Waals surface area contributed by atoms with Gasteiger partial charge in [0.15, 0.2) is 6.04 Å². The average Bonchev–Trinajstić information content (AvgIpc) is 2.68. The maximum absolute atomic E-state index is 14.2. The van der Waals surface area contributed by atoms with Crippen molar-refractivity contribution in [2.75, 3.05) is 5.32 Å². The Hall–Kier alpha value is -2.34. The van der Waals surface area contributed by atoms with Crippen molar-refractivity contribution in [3.63, 3.8) is 0 Å². The Morgan fingerprint density at radius 2 is 1.90 bits per heavy atom. The number of fused-ring (bicyclic) bond motifs is 1. The highest BCUT2D eigenvalue weighted by Crippen LogP contribution is 2.43. The molecule has 0 aliphatic carbocycles. The molecule has 1 unspecified atom stereocenters. The Bertz CT molecular complexity index is 710. The van der Waals surface area contributed by atoms with E-state index in [1.165, 1.54) is 6.07 Å². The molecule has 20 heavy (non-hydrogen) atoms. The number of aryl methyl sites for hydroxylation is 1. The van der Waals surface area contributed by atoms with Gasteiger partial charge in [0.05, 0.1) is 0 Å². The van der Waals surface area contributed by atoms with Crippen LogP contribution in [0.25, 0.3) is 0 Å². The second-order valence-electron chi connectivity index (χ2n) is 4.88. The minimum atomic E-state index is -2.96. The van der Waals surface area contributed by atoms with Gasteiger partial charge in [0.1, 0.15) is 0 Å². The van der Waals surface area contributed by atoms with Crippen LogP contribution in [-0.4, -0.2) is 6.04 Å². The van der Waals surface area contributed by atoms with Crippen molar-refractivity contribution < 1.29 is 8.78 Å². The summed E-state index contributed by atoms with van der Waals surface area (Å²) >= 11 is 0. The van der Waals surface area contributed by atoms with Crippen LogP contribution in [0.15, 0.2) is 48.5 Å². The molecule has 3 heteroatoms. The van der Waals surface area contributed by atoms with E-state index in [1.54, 1.807) is 18.2 Å². The van der Waals surface area contributed by atoms with Crippen molar-refractivity contribution >= 4 is 5.69 Å². The van der Waals surface area contributed by atoms with Crippen molar-refractivity contribution in [1.82, 2.24) is 0 Å². The van der Waals surface area contributed by atoms with Crippen molar-refractivity contribution in [3.05, 3.63) is 65.2 Å². The van der Waals surface area contributed by atoms with Crippen LogP contribution in [0, 0.1) is 18.8 Å². The van der Waals surface area contributed by atoms with E-state index in [1.807, 2.05) is 31.2 Å². The Morgan fingerprint density at radius 3 is 2.65 bits per heavy atom. The lowest BCUT2D eigenvalue weighted by Gasteiger charge is -2.13. The fourth-order valence-electron chi connectivity index (χ4n) is 2.31. The SMILES string of the molecule is Cc1cccc(C#CC2Nc3ccccc3C2(F)F)c1. The highest BCUT2D eigenvalue weighted by Gasteiger charge is 2.47. The molecular formula is C17H13F2N. The molecule has 0 fully saturated rings. The van der Waals surface area contributed by atoms with E-state index in [0.717, 1.165) is 11.1 Å². The zero-order valence-corrected chi connectivity index (χ0v) is 11.0. The summed E-state index contributed by atoms with van der Waals surface area (Å²) < 4.78 is 28.4. The van der Waals surface area contributed by atoms with Crippen LogP contribution < -0.4 is 5.32 Å². The van der Waals surface area contributed by atoms with E-state index in [0.29, 0.717) is 5.69 Å². The summed E-state index contributed by atoms with van der Waals surface area (Å²) in [5.74, 6) is 2.51. The molecule has 1 nitrogen and oxygen atoms in total. The van der Waals surface area contributed by atoms with Gasteiger partial charge in [-0.3, -0.25) is 0 Å². The van der Waals surface area contributed by atoms with Gasteiger partial charge in [0, 0.05) is 16.8 Å². The summed E-state index contributed by atoms with van der Waals surface area (Å²) in [7, 11) is 0. The molecule has 1 aliphatic rings. The van der Waals surface area contributed by atoms with Crippen molar-refractivity contribution in [3.8, 4) is 11.8 Å². The summed E-state index contributed by atoms with van der Waals surface area (Å²) in [6.07, 6.45) is 0. The van der Waals surface area contributed by atoms with E-state index in [4.69, 9.17) is 0 Å². The molecule has 1 heterocycles. The third kappa shape index (κ3) is 2.14. The molecule has 0 spiro atoms. The molecule has 3 rings (SSSR count). The Labute approximate surface area is 116 Å². The molecule has 1 aliphatic heterocycles. The summed E-state index contributed by atoms with van der Waals surface area (Å²) in [5, 5.41) is 2.79. The van der Waals surface area contributed by atoms with Gasteiger partial charge < -0.3 is 5.32 Å². The Kier molecular flexibility index (Phi) is 2.94. The highest BCUT2D eigenvalue weighted by atomic mass is 19.3. The van der Waals surface area contributed by atoms with Gasteiger partial charge in [0.2, 0.25) is 0 Å². The molecule has 100 valence electrons. The smallest absolute Gasteiger partial charge is 0.306 e. The first-order valence-corrected chi connectivity index (χ1v) is 6.39. The number of benzene rings is 2. The van der Waals surface area contributed by atoms with E-state index >= 15 is 0 Å². The Balaban J connectivity index is 1.91. The van der Waals surface area contributed by atoms with Gasteiger partial charge in [-0.1, -0.05) is 42.2 Å². The topological polar surface area (TPSA) is 12.0 Å². The molecule has 1 N–H and O–H groups in total. The van der Waals surface area contributed by atoms with Gasteiger partial charge >= 0.3 is 5.92 Å². The fourth-order valence-corrected chi connectivity index (χ4v) is 2.31. The minimum absolute atomic E-state index is 0.0172. The molecular weight excluding hydrogens is 256 g/mol. The number of hydrogen-bond acceptors (Lipinski definition) is 1. The second kappa shape index (κ2) is 4.64. The van der Waals surface area contributed by atoms with Gasteiger partial charge in [-0.15, -0.1) is 0 Å². The number of hydrogen-bond donors (Lipinski definition) is 1. The normalized spacial score (nSPS) is 18.6. The fraction of sp³-hybridized carbons (Fsp3) is 0.176. The predicted molar refractivity (Wildman–Crippen MR) is 75.8 cm³/mol. The van der Waals surface area contributed by atoms with E-state index < -0.39 is 12.0 Å². The average molecular weight is 269 g/mol. The number of para-hydroxylation sites is 1. The number of rotatable bonds is 0. The molecule has 0 bridgehead atoms. The van der Waals surface area contributed by atoms with Crippen LogP contribution in [0.1, 0.15) is 16.7 Å². The van der Waals surface area contributed by atoms with E-state index in [-0.39, 0.29) is 5.56 Å². The third-order valence-electron chi connectivity index (χ3n) is 3.33. The van der Waals surface area contributed by atoms with Gasteiger partial charge in [-0.2, -0.15) is 8.78 Å². The lowest BCUT2D eigenvalue weighted by molar-refractivity contribution is 0.000141. The first-order chi connectivity index (χ1) is 9.57. The summed E-state index contributed by atoms with van der Waals surface area (Å²) in [6.45, 7) is 1.95. The van der Waals surface area contributed by atoms with Gasteiger partial charge in [0.25, 0.3) is 0 Å². The highest BCUT2D eigenvalue weighted by molar-refractivity contribution is 5.62. The van der Waals surface area contributed by atoms with Crippen molar-refractivity contribution in [2.24, 2.45) is 0 Å². The molecule has 0 saturated carbocycles. The number of alkyl halides is 2. The Morgan fingerprint density at radius 1 is 1.10 bits per heavy atom. The largest absolute Gasteiger partial charge is 0.366 e. The molecule has 0 aromatic heterocycles. The standard InChI is InChI=1S/C17H13F2N/c1-12-5-4-6-13(11-12)9-10-16-17(18,19)14-7-2-3-8-15(14)20-16/h2-8,11,16,20H,1H3. The summed E-state index contributed by atoms with van der Waals surface area (Å²) in [5.41, 5.74) is 2.29. The first kappa shape index (κ1) is 12.7. The molecule has 0 radical (unpaired) electrons. The summed E-state index contributed by atoms with van der Waals surface area (Å²) in [4.78, 5) is 0. The monoisotopic (exact) mass is 269 g/mol. The number of nitrogens with one attached hydrogen (secondary N) is 1. The molecule has 2 aromatic carbocycles. The van der Waals surface area contributed by atoms with Crippen LogP contribution in [0.2, 0.25) is 0 Å². The predicted octanol–water partition coefficient (Wildman–Crippen LogP) is 3.93. The molecule has 2 aromatic rings. The second-order valence-corrected chi connectivity index (χ2v) is 4.88. The maximum atomic E-state index is 14.2. The lowest BCUT2D eigenvalue weighted by atomic mass is 10.1. The van der Waals surface area contributed by atoms with E-state index in [2.05, 4.69) is 17.2 Å². The maximum Gasteiger partial charge on any atom is 0.306 e. The quantitative estimate of drug-likeness (QED) is 0.714. The zero-order valence-electron chi connectivity index (χ0n) is 11.0. The van der Waals surface area contributed by atoms with Crippen LogP contribution in [0.3, 0.4) is 0 Å². The van der Waals surface area contributed by atoms with Crippen LogP contribution >= 0.6 is 0 Å². The van der Waals surface area contributed by atoms with Gasteiger partial charge in [-0.05, 0) is 30.7 Å². The van der Waals surface area contributed by atoms with Crippen LogP contribution in [0.5, 0.6) is 0 Å².